The lowest BCUT2D eigenvalue weighted by Crippen LogP contribution is -2.51. The number of nitrogens with one attached hydrogen (secondary N) is 1. The van der Waals surface area contributed by atoms with Crippen LogP contribution in [0, 0.1) is 29.1 Å². The summed E-state index contributed by atoms with van der Waals surface area (Å²) >= 11 is 0. The zero-order valence-corrected chi connectivity index (χ0v) is 20.6. The Morgan fingerprint density at radius 2 is 1.88 bits per heavy atom. The van der Waals surface area contributed by atoms with Crippen LogP contribution in [0.1, 0.15) is 67.7 Å². The summed E-state index contributed by atoms with van der Waals surface area (Å²) in [4.78, 5) is 27.8. The second-order valence-electron chi connectivity index (χ2n) is 11.2. The van der Waals surface area contributed by atoms with Crippen LogP contribution in [0.2, 0.25) is 0 Å². The SMILES string of the molecule is CC1=C[C@@H]2/C=C(\C)CC[C@H]3OC(C)(C)O[C@@H]3/C=C/C(=O)[C@]23C(=O)N[C@@H](CC(C)C)[C@@H]3[C@@H]1C. The van der Waals surface area contributed by atoms with Gasteiger partial charge in [0, 0.05) is 17.9 Å². The standard InChI is InChI=1S/C27H39NO4/c1-15(2)12-20-24-18(5)17(4)14-19-13-16(3)8-9-21-22(32-26(6,7)31-21)10-11-23(29)27(19,24)25(30)28-20/h10-11,13-15,18-22,24H,8-9,12H2,1-7H3,(H,28,30)/b11-10+,16-13+/t18-,19+,20+,21-,22-,24+,27-/m1/s1. The lowest BCUT2D eigenvalue weighted by Gasteiger charge is -2.44. The quantitative estimate of drug-likeness (QED) is 0.497. The summed E-state index contributed by atoms with van der Waals surface area (Å²) in [6, 6.07) is -0.00224. The first-order chi connectivity index (χ1) is 15.0. The molecule has 0 aromatic rings. The average Bonchev–Trinajstić information content (AvgIpc) is 3.14. The predicted octanol–water partition coefficient (Wildman–Crippen LogP) is 4.73. The number of rotatable bonds is 2. The molecule has 0 unspecified atom stereocenters. The highest BCUT2D eigenvalue weighted by Crippen LogP contribution is 2.55. The van der Waals surface area contributed by atoms with Crippen LogP contribution in [0.15, 0.2) is 35.5 Å². The van der Waals surface area contributed by atoms with Crippen molar-refractivity contribution >= 4 is 11.7 Å². The minimum Gasteiger partial charge on any atom is -0.352 e. The number of hydrogen-bond donors (Lipinski definition) is 1. The number of allylic oxidation sites excluding steroid dienone is 5. The first-order valence-corrected chi connectivity index (χ1v) is 12.2. The van der Waals surface area contributed by atoms with Crippen molar-refractivity contribution < 1.29 is 19.1 Å². The van der Waals surface area contributed by atoms with Gasteiger partial charge in [0.2, 0.25) is 5.91 Å². The average molecular weight is 442 g/mol. The molecule has 2 aliphatic carbocycles. The Hall–Kier alpha value is -1.72. The molecule has 1 N–H and O–H groups in total. The van der Waals surface area contributed by atoms with Crippen molar-refractivity contribution in [2.45, 2.75) is 91.8 Å². The molecule has 5 heteroatoms. The maximum Gasteiger partial charge on any atom is 0.235 e. The molecule has 5 nitrogen and oxygen atoms in total. The van der Waals surface area contributed by atoms with Crippen LogP contribution < -0.4 is 5.32 Å². The number of fused-ring (bicyclic) bond motifs is 1. The predicted molar refractivity (Wildman–Crippen MR) is 125 cm³/mol. The van der Waals surface area contributed by atoms with E-state index < -0.39 is 11.2 Å². The molecule has 176 valence electrons. The van der Waals surface area contributed by atoms with Gasteiger partial charge in [-0.2, -0.15) is 0 Å². The first-order valence-electron chi connectivity index (χ1n) is 12.2. The third-order valence-electron chi connectivity index (χ3n) is 7.96. The largest absolute Gasteiger partial charge is 0.352 e. The van der Waals surface area contributed by atoms with Crippen LogP contribution in [0.4, 0.5) is 0 Å². The van der Waals surface area contributed by atoms with E-state index in [0.29, 0.717) is 5.92 Å². The monoisotopic (exact) mass is 441 g/mol. The lowest BCUT2D eigenvalue weighted by atomic mass is 9.55. The summed E-state index contributed by atoms with van der Waals surface area (Å²) in [7, 11) is 0. The Labute approximate surface area is 192 Å². The van der Waals surface area contributed by atoms with Crippen molar-refractivity contribution in [3.8, 4) is 0 Å². The molecule has 0 aromatic heterocycles. The zero-order valence-electron chi connectivity index (χ0n) is 20.6. The molecule has 32 heavy (non-hydrogen) atoms. The van der Waals surface area contributed by atoms with Gasteiger partial charge >= 0.3 is 0 Å². The molecule has 2 fully saturated rings. The molecule has 2 saturated heterocycles. The molecule has 0 bridgehead atoms. The molecule has 1 amide bonds. The molecule has 1 spiro atoms. The molecule has 0 radical (unpaired) electrons. The van der Waals surface area contributed by atoms with Crippen molar-refractivity contribution in [3.63, 3.8) is 0 Å². The molecule has 0 aromatic carbocycles. The second kappa shape index (κ2) is 8.25. The molecular formula is C27H39NO4. The van der Waals surface area contributed by atoms with E-state index in [1.165, 1.54) is 11.1 Å². The summed E-state index contributed by atoms with van der Waals surface area (Å²) in [6.45, 7) is 14.6. The van der Waals surface area contributed by atoms with Gasteiger partial charge in [-0.25, -0.2) is 0 Å². The van der Waals surface area contributed by atoms with E-state index in [2.05, 4.69) is 52.1 Å². The van der Waals surface area contributed by atoms with Gasteiger partial charge in [0.25, 0.3) is 0 Å². The first kappa shape index (κ1) is 23.4. The second-order valence-corrected chi connectivity index (χ2v) is 11.2. The molecule has 4 rings (SSSR count). The maximum absolute atomic E-state index is 14.0. The third kappa shape index (κ3) is 3.81. The zero-order chi connectivity index (χ0) is 23.4. The maximum atomic E-state index is 14.0. The molecule has 2 heterocycles. The molecule has 2 aliphatic heterocycles. The number of carbonyl (C=O) groups excluding carboxylic acids is 2. The lowest BCUT2D eigenvalue weighted by molar-refractivity contribution is -0.145. The summed E-state index contributed by atoms with van der Waals surface area (Å²) in [5.41, 5.74) is 1.35. The smallest absolute Gasteiger partial charge is 0.235 e. The van der Waals surface area contributed by atoms with Gasteiger partial charge in [-0.05, 0) is 70.9 Å². The number of ketones is 1. The van der Waals surface area contributed by atoms with E-state index in [4.69, 9.17) is 9.47 Å². The minimum absolute atomic E-state index is 0.00224. The minimum atomic E-state index is -1.11. The Morgan fingerprint density at radius 3 is 2.56 bits per heavy atom. The normalized spacial score (nSPS) is 43.9. The fourth-order valence-corrected chi connectivity index (χ4v) is 6.48. The summed E-state index contributed by atoms with van der Waals surface area (Å²) in [5, 5.41) is 3.26. The highest BCUT2D eigenvalue weighted by atomic mass is 16.7. The van der Waals surface area contributed by atoms with Crippen molar-refractivity contribution in [1.29, 1.82) is 0 Å². The van der Waals surface area contributed by atoms with E-state index in [-0.39, 0.29) is 47.7 Å². The van der Waals surface area contributed by atoms with Gasteiger partial charge in [0.1, 0.15) is 11.5 Å². The molecule has 0 saturated carbocycles. The summed E-state index contributed by atoms with van der Waals surface area (Å²) in [5.74, 6) is -0.624. The molecule has 4 aliphatic rings. The van der Waals surface area contributed by atoms with E-state index in [1.807, 2.05) is 19.9 Å². The van der Waals surface area contributed by atoms with Gasteiger partial charge in [0.15, 0.2) is 11.6 Å². The van der Waals surface area contributed by atoms with E-state index >= 15 is 0 Å². The van der Waals surface area contributed by atoms with Gasteiger partial charge in [0.05, 0.1) is 6.10 Å². The van der Waals surface area contributed by atoms with Crippen molar-refractivity contribution in [1.82, 2.24) is 5.32 Å². The van der Waals surface area contributed by atoms with Crippen LogP contribution in [0.25, 0.3) is 0 Å². The van der Waals surface area contributed by atoms with Gasteiger partial charge < -0.3 is 14.8 Å². The van der Waals surface area contributed by atoms with Crippen LogP contribution >= 0.6 is 0 Å². The van der Waals surface area contributed by atoms with E-state index in [1.54, 1.807) is 6.08 Å². The molecular weight excluding hydrogens is 402 g/mol. The van der Waals surface area contributed by atoms with Crippen LogP contribution in [0.5, 0.6) is 0 Å². The number of amides is 1. The summed E-state index contributed by atoms with van der Waals surface area (Å²) < 4.78 is 12.2. The van der Waals surface area contributed by atoms with E-state index in [0.717, 1.165) is 19.3 Å². The van der Waals surface area contributed by atoms with E-state index in [9.17, 15) is 9.59 Å². The number of hydrogen-bond acceptors (Lipinski definition) is 4. The molecule has 7 atom stereocenters. The highest BCUT2D eigenvalue weighted by molar-refractivity contribution is 6.13. The van der Waals surface area contributed by atoms with Crippen LogP contribution in [-0.2, 0) is 19.1 Å². The fourth-order valence-electron chi connectivity index (χ4n) is 6.48. The Bertz CT molecular complexity index is 882. The van der Waals surface area contributed by atoms with Crippen molar-refractivity contribution in [2.75, 3.05) is 0 Å². The van der Waals surface area contributed by atoms with Gasteiger partial charge in [-0.3, -0.25) is 9.59 Å². The van der Waals surface area contributed by atoms with Gasteiger partial charge in [-0.1, -0.05) is 44.1 Å². The highest BCUT2D eigenvalue weighted by Gasteiger charge is 2.65. The number of ether oxygens (including phenoxy) is 2. The van der Waals surface area contributed by atoms with Crippen molar-refractivity contribution in [3.05, 3.63) is 35.5 Å². The van der Waals surface area contributed by atoms with Crippen molar-refractivity contribution in [2.24, 2.45) is 29.1 Å². The fraction of sp³-hybridized carbons (Fsp3) is 0.704. The Morgan fingerprint density at radius 1 is 1.16 bits per heavy atom. The number of carbonyl (C=O) groups is 2. The van der Waals surface area contributed by atoms with Crippen LogP contribution in [0.3, 0.4) is 0 Å². The summed E-state index contributed by atoms with van der Waals surface area (Å²) in [6.07, 6.45) is 9.95. The third-order valence-corrected chi connectivity index (χ3v) is 7.96. The Balaban J connectivity index is 1.84. The van der Waals surface area contributed by atoms with Crippen LogP contribution in [-0.4, -0.2) is 35.7 Å². The Kier molecular flexibility index (Phi) is 6.04. The topological polar surface area (TPSA) is 64.6 Å². The van der Waals surface area contributed by atoms with Gasteiger partial charge in [-0.15, -0.1) is 0 Å².